The van der Waals surface area contributed by atoms with Gasteiger partial charge in [-0.3, -0.25) is 0 Å². The van der Waals surface area contributed by atoms with E-state index < -0.39 is 10.2 Å². The summed E-state index contributed by atoms with van der Waals surface area (Å²) in [5.41, 5.74) is 1.86. The minimum atomic E-state index is -3.45. The molecular weight excluding hydrogens is 340 g/mol. The van der Waals surface area contributed by atoms with Gasteiger partial charge in [-0.2, -0.15) is 17.0 Å². The molecule has 2 aliphatic rings. The van der Waals surface area contributed by atoms with Gasteiger partial charge in [0.05, 0.1) is 11.7 Å². The molecule has 0 bridgehead atoms. The van der Waals surface area contributed by atoms with Crippen molar-refractivity contribution >= 4 is 16.0 Å². The van der Waals surface area contributed by atoms with Gasteiger partial charge in [0, 0.05) is 45.2 Å². The van der Waals surface area contributed by atoms with Crippen molar-refractivity contribution in [3.63, 3.8) is 0 Å². The summed E-state index contributed by atoms with van der Waals surface area (Å²) in [5, 5.41) is 6.56. The molecule has 0 spiro atoms. The Morgan fingerprint density at radius 1 is 1.32 bits per heavy atom. The van der Waals surface area contributed by atoms with Crippen LogP contribution in [0.15, 0.2) is 0 Å². The topological polar surface area (TPSA) is 90.5 Å². The lowest BCUT2D eigenvalue weighted by Crippen LogP contribution is -2.46. The van der Waals surface area contributed by atoms with Gasteiger partial charge in [0.1, 0.15) is 11.6 Å². The number of nitrogens with zero attached hydrogens (tertiary/aromatic N) is 4. The number of aromatic nitrogens is 2. The van der Waals surface area contributed by atoms with Gasteiger partial charge in [-0.15, -0.1) is 0 Å². The van der Waals surface area contributed by atoms with Crippen molar-refractivity contribution in [2.24, 2.45) is 0 Å². The van der Waals surface area contributed by atoms with Crippen molar-refractivity contribution in [3.8, 4) is 0 Å². The van der Waals surface area contributed by atoms with Gasteiger partial charge >= 0.3 is 0 Å². The van der Waals surface area contributed by atoms with Gasteiger partial charge in [-0.25, -0.2) is 9.97 Å². The van der Waals surface area contributed by atoms with Crippen LogP contribution in [0.4, 0.5) is 5.82 Å². The molecule has 2 aliphatic heterocycles. The quantitative estimate of drug-likeness (QED) is 0.775. The molecule has 8 nitrogen and oxygen atoms in total. The molecule has 1 saturated heterocycles. The maximum Gasteiger partial charge on any atom is 0.282 e. The summed E-state index contributed by atoms with van der Waals surface area (Å²) in [5.74, 6) is 1.56. The van der Waals surface area contributed by atoms with Gasteiger partial charge in [0.15, 0.2) is 0 Å². The zero-order chi connectivity index (χ0) is 18.0. The van der Waals surface area contributed by atoms with Crippen molar-refractivity contribution in [1.29, 1.82) is 0 Å². The summed E-state index contributed by atoms with van der Waals surface area (Å²) in [6.07, 6.45) is 2.80. The van der Waals surface area contributed by atoms with Gasteiger partial charge in [-0.1, -0.05) is 13.8 Å². The first kappa shape index (κ1) is 18.5. The summed E-state index contributed by atoms with van der Waals surface area (Å²) in [6, 6.07) is 0.204. The molecule has 0 radical (unpaired) electrons. The van der Waals surface area contributed by atoms with Crippen LogP contribution in [0.1, 0.15) is 49.8 Å². The summed E-state index contributed by atoms with van der Waals surface area (Å²) in [4.78, 5) is 9.43. The van der Waals surface area contributed by atoms with E-state index in [2.05, 4.69) is 15.6 Å². The zero-order valence-electron chi connectivity index (χ0n) is 15.2. The van der Waals surface area contributed by atoms with E-state index in [4.69, 9.17) is 4.98 Å². The smallest absolute Gasteiger partial charge is 0.282 e. The monoisotopic (exact) mass is 368 g/mol. The largest absolute Gasteiger partial charge is 0.373 e. The van der Waals surface area contributed by atoms with Crippen LogP contribution >= 0.6 is 0 Å². The molecule has 1 atom stereocenters. The Morgan fingerprint density at radius 2 is 2.08 bits per heavy atom. The lowest BCUT2D eigenvalue weighted by atomic mass is 10.1. The van der Waals surface area contributed by atoms with Gasteiger partial charge in [0.25, 0.3) is 10.2 Å². The fourth-order valence-corrected chi connectivity index (χ4v) is 5.18. The predicted octanol–water partition coefficient (Wildman–Crippen LogP) is 0.888. The number of hydrogen-bond donors (Lipinski definition) is 2. The number of fused-ring (bicyclic) bond motifs is 1. The minimum absolute atomic E-state index is 0.204. The van der Waals surface area contributed by atoms with Crippen LogP contribution in [0.5, 0.6) is 0 Å². The third kappa shape index (κ3) is 3.51. The molecule has 25 heavy (non-hydrogen) atoms. The number of rotatable bonds is 6. The molecule has 140 valence electrons. The summed E-state index contributed by atoms with van der Waals surface area (Å²) in [6.45, 7) is 6.46. The lowest BCUT2D eigenvalue weighted by molar-refractivity contribution is 0.333. The molecule has 3 rings (SSSR count). The highest BCUT2D eigenvalue weighted by Gasteiger charge is 2.33. The highest BCUT2D eigenvalue weighted by Crippen LogP contribution is 2.29. The minimum Gasteiger partial charge on any atom is -0.373 e. The van der Waals surface area contributed by atoms with Crippen LogP contribution in [-0.2, 0) is 23.2 Å². The molecule has 0 aliphatic carbocycles. The van der Waals surface area contributed by atoms with Gasteiger partial charge in [-0.05, 0) is 19.4 Å². The third-order valence-corrected chi connectivity index (χ3v) is 7.14. The second kappa shape index (κ2) is 7.53. The fraction of sp³-hybridized carbons (Fsp3) is 0.750. The van der Waals surface area contributed by atoms with E-state index in [1.54, 1.807) is 4.31 Å². The second-order valence-electron chi connectivity index (χ2n) is 6.43. The first-order valence-corrected chi connectivity index (χ1v) is 10.5. The fourth-order valence-electron chi connectivity index (χ4n) is 3.59. The van der Waals surface area contributed by atoms with Crippen LogP contribution in [0.3, 0.4) is 0 Å². The average Bonchev–Trinajstić information content (AvgIpc) is 3.15. The molecule has 0 aromatic carbocycles. The maximum atomic E-state index is 12.8. The lowest BCUT2D eigenvalue weighted by Gasteiger charge is -2.32. The molecule has 0 amide bonds. The molecule has 2 N–H and O–H groups in total. The molecule has 1 unspecified atom stereocenters. The SMILES string of the molecule is CCN(CC)S(=O)(=O)N1CCc2nc(C3CCCN3)nc(NC)c2C1. The maximum absolute atomic E-state index is 12.8. The zero-order valence-corrected chi connectivity index (χ0v) is 16.1. The Hall–Kier alpha value is -1.29. The highest BCUT2D eigenvalue weighted by atomic mass is 32.2. The standard InChI is InChI=1S/C16H28N6O2S/c1-4-21(5-2)25(23,24)22-10-8-13-12(11-22)15(17-3)20-16(19-13)14-7-6-9-18-14/h14,18H,4-11H2,1-3H3,(H,17,19,20). The molecule has 9 heteroatoms. The van der Waals surface area contributed by atoms with Crippen molar-refractivity contribution in [3.05, 3.63) is 17.1 Å². The number of hydrogen-bond acceptors (Lipinski definition) is 6. The Kier molecular flexibility index (Phi) is 5.57. The number of anilines is 1. The number of nitrogens with one attached hydrogen (secondary N) is 2. The molecular formula is C16H28N6O2S. The normalized spacial score (nSPS) is 21.5. The van der Waals surface area contributed by atoms with E-state index >= 15 is 0 Å². The van der Waals surface area contributed by atoms with Crippen molar-refractivity contribution in [1.82, 2.24) is 23.9 Å². The molecule has 1 aromatic heterocycles. The van der Waals surface area contributed by atoms with Gasteiger partial charge < -0.3 is 10.6 Å². The van der Waals surface area contributed by atoms with Crippen LogP contribution < -0.4 is 10.6 Å². The summed E-state index contributed by atoms with van der Waals surface area (Å²) < 4.78 is 28.7. The molecule has 1 aromatic rings. The second-order valence-corrected chi connectivity index (χ2v) is 8.36. The first-order chi connectivity index (χ1) is 12.0. The van der Waals surface area contributed by atoms with E-state index in [1.165, 1.54) is 4.31 Å². The summed E-state index contributed by atoms with van der Waals surface area (Å²) in [7, 11) is -1.62. The molecule has 0 saturated carbocycles. The van der Waals surface area contributed by atoms with E-state index in [0.717, 1.165) is 42.3 Å². The Balaban J connectivity index is 1.90. The van der Waals surface area contributed by atoms with Crippen molar-refractivity contribution < 1.29 is 8.42 Å². The molecule has 3 heterocycles. The Bertz CT molecular complexity index is 696. The van der Waals surface area contributed by atoms with E-state index in [-0.39, 0.29) is 6.04 Å². The van der Waals surface area contributed by atoms with Crippen LogP contribution in [0.2, 0.25) is 0 Å². The van der Waals surface area contributed by atoms with Crippen LogP contribution in [0.25, 0.3) is 0 Å². The predicted molar refractivity (Wildman–Crippen MR) is 97.5 cm³/mol. The van der Waals surface area contributed by atoms with E-state index in [9.17, 15) is 8.42 Å². The van der Waals surface area contributed by atoms with Gasteiger partial charge in [0.2, 0.25) is 0 Å². The molecule has 1 fully saturated rings. The third-order valence-electron chi connectivity index (χ3n) is 5.01. The van der Waals surface area contributed by atoms with Crippen LogP contribution in [0, 0.1) is 0 Å². The Morgan fingerprint density at radius 3 is 2.68 bits per heavy atom. The van der Waals surface area contributed by atoms with Crippen LogP contribution in [-0.4, -0.2) is 60.2 Å². The average molecular weight is 369 g/mol. The van der Waals surface area contributed by atoms with Crippen molar-refractivity contribution in [2.75, 3.05) is 38.5 Å². The highest BCUT2D eigenvalue weighted by molar-refractivity contribution is 7.86. The van der Waals surface area contributed by atoms with E-state index in [0.29, 0.717) is 32.6 Å². The van der Waals surface area contributed by atoms with Crippen molar-refractivity contribution in [2.45, 2.75) is 45.7 Å². The first-order valence-electron chi connectivity index (χ1n) is 9.07. The Labute approximate surface area is 150 Å². The van der Waals surface area contributed by atoms with E-state index in [1.807, 2.05) is 20.9 Å². The summed E-state index contributed by atoms with van der Waals surface area (Å²) >= 11 is 0.